The average Bonchev–Trinajstić information content (AvgIpc) is 2.64. The highest BCUT2D eigenvalue weighted by Crippen LogP contribution is 2.15. The zero-order valence-electron chi connectivity index (χ0n) is 9.76. The molecule has 4 nitrogen and oxygen atoms in total. The second-order valence-corrected chi connectivity index (χ2v) is 4.25. The Morgan fingerprint density at radius 3 is 3.00 bits per heavy atom. The van der Waals surface area contributed by atoms with Gasteiger partial charge in [-0.1, -0.05) is 12.1 Å². The lowest BCUT2D eigenvalue weighted by atomic mass is 10.1. The predicted octanol–water partition coefficient (Wildman–Crippen LogP) is 1.86. The molecule has 0 fully saturated rings. The van der Waals surface area contributed by atoms with Crippen LogP contribution in [0, 0.1) is 0 Å². The van der Waals surface area contributed by atoms with Crippen LogP contribution in [0.1, 0.15) is 24.1 Å². The third-order valence-corrected chi connectivity index (χ3v) is 2.39. The molecule has 1 heterocycles. The maximum atomic E-state index is 9.35. The molecule has 0 radical (unpaired) electrons. The Kier molecular flexibility index (Phi) is 3.44. The number of rotatable bonds is 4. The molecular weight excluding hydrogens is 216 g/mol. The van der Waals surface area contributed by atoms with E-state index in [1.54, 1.807) is 24.4 Å². The first kappa shape index (κ1) is 11.7. The van der Waals surface area contributed by atoms with E-state index in [1.807, 2.05) is 13.0 Å². The molecule has 2 aromatic rings. The van der Waals surface area contributed by atoms with Crippen LogP contribution in [0.5, 0.6) is 5.75 Å². The fourth-order valence-electron chi connectivity index (χ4n) is 1.68. The van der Waals surface area contributed by atoms with Crippen LogP contribution in [0.15, 0.2) is 34.9 Å². The number of hydrogen-bond donors (Lipinski definition) is 2. The van der Waals surface area contributed by atoms with Gasteiger partial charge >= 0.3 is 0 Å². The summed E-state index contributed by atoms with van der Waals surface area (Å²) in [5, 5.41) is 9.35. The van der Waals surface area contributed by atoms with Crippen molar-refractivity contribution in [3.63, 3.8) is 0 Å². The first-order valence-electron chi connectivity index (χ1n) is 5.60. The molecule has 1 aromatic heterocycles. The molecular formula is C13H16N2O2. The van der Waals surface area contributed by atoms with Crippen molar-refractivity contribution in [1.82, 2.24) is 4.98 Å². The van der Waals surface area contributed by atoms with Crippen molar-refractivity contribution in [3.05, 3.63) is 47.7 Å². The van der Waals surface area contributed by atoms with E-state index in [0.29, 0.717) is 18.7 Å². The van der Waals surface area contributed by atoms with Crippen molar-refractivity contribution in [3.8, 4) is 5.75 Å². The molecule has 1 unspecified atom stereocenters. The minimum absolute atomic E-state index is 0.0663. The Morgan fingerprint density at radius 2 is 2.29 bits per heavy atom. The molecule has 17 heavy (non-hydrogen) atoms. The number of phenolic OH excluding ortho intramolecular Hbond substituents is 1. The Labute approximate surface area is 100 Å². The zero-order chi connectivity index (χ0) is 12.3. The minimum Gasteiger partial charge on any atom is -0.508 e. The van der Waals surface area contributed by atoms with Gasteiger partial charge in [-0.3, -0.25) is 0 Å². The van der Waals surface area contributed by atoms with Gasteiger partial charge in [-0.05, 0) is 24.6 Å². The predicted molar refractivity (Wildman–Crippen MR) is 64.8 cm³/mol. The third kappa shape index (κ3) is 3.32. The molecule has 0 saturated heterocycles. The van der Waals surface area contributed by atoms with Crippen LogP contribution >= 0.6 is 0 Å². The molecule has 4 heteroatoms. The molecule has 0 spiro atoms. The Hall–Kier alpha value is -1.81. The normalized spacial score (nSPS) is 12.6. The van der Waals surface area contributed by atoms with Crippen molar-refractivity contribution in [1.29, 1.82) is 0 Å². The quantitative estimate of drug-likeness (QED) is 0.844. The van der Waals surface area contributed by atoms with Crippen molar-refractivity contribution in [2.45, 2.75) is 25.8 Å². The van der Waals surface area contributed by atoms with Gasteiger partial charge in [0, 0.05) is 18.9 Å². The van der Waals surface area contributed by atoms with E-state index in [2.05, 4.69) is 4.98 Å². The van der Waals surface area contributed by atoms with Crippen LogP contribution in [0.4, 0.5) is 0 Å². The van der Waals surface area contributed by atoms with Crippen molar-refractivity contribution in [2.75, 3.05) is 0 Å². The summed E-state index contributed by atoms with van der Waals surface area (Å²) in [6.07, 6.45) is 2.97. The molecule has 0 aliphatic carbocycles. The second kappa shape index (κ2) is 5.01. The van der Waals surface area contributed by atoms with E-state index in [9.17, 15) is 5.11 Å². The summed E-state index contributed by atoms with van der Waals surface area (Å²) in [6, 6.07) is 7.14. The SMILES string of the molecule is CC(N)Cc1cnc(Cc2cccc(O)c2)o1. The van der Waals surface area contributed by atoms with Crippen LogP contribution < -0.4 is 5.73 Å². The van der Waals surface area contributed by atoms with Crippen LogP contribution in [-0.2, 0) is 12.8 Å². The Balaban J connectivity index is 2.06. The zero-order valence-corrected chi connectivity index (χ0v) is 9.76. The number of phenols is 1. The number of nitrogens with two attached hydrogens (primary N) is 1. The monoisotopic (exact) mass is 232 g/mol. The van der Waals surface area contributed by atoms with Crippen molar-refractivity contribution < 1.29 is 9.52 Å². The van der Waals surface area contributed by atoms with E-state index >= 15 is 0 Å². The third-order valence-electron chi connectivity index (χ3n) is 2.39. The average molecular weight is 232 g/mol. The standard InChI is InChI=1S/C13H16N2O2/c1-9(14)5-12-8-15-13(17-12)7-10-3-2-4-11(16)6-10/h2-4,6,8-9,16H,5,7,14H2,1H3. The number of aromatic nitrogens is 1. The topological polar surface area (TPSA) is 72.3 Å². The number of aromatic hydroxyl groups is 1. The van der Waals surface area contributed by atoms with Crippen LogP contribution in [0.25, 0.3) is 0 Å². The molecule has 0 saturated carbocycles. The summed E-state index contributed by atoms with van der Waals surface area (Å²) in [7, 11) is 0. The largest absolute Gasteiger partial charge is 0.508 e. The highest BCUT2D eigenvalue weighted by Gasteiger charge is 2.07. The highest BCUT2D eigenvalue weighted by molar-refractivity contribution is 5.28. The summed E-state index contributed by atoms with van der Waals surface area (Å²) in [5.41, 5.74) is 6.66. The first-order chi connectivity index (χ1) is 8.13. The summed E-state index contributed by atoms with van der Waals surface area (Å²) in [6.45, 7) is 1.93. The summed E-state index contributed by atoms with van der Waals surface area (Å²) >= 11 is 0. The molecule has 1 aromatic carbocycles. The van der Waals surface area contributed by atoms with E-state index in [0.717, 1.165) is 11.3 Å². The molecule has 0 amide bonds. The van der Waals surface area contributed by atoms with Gasteiger partial charge in [0.25, 0.3) is 0 Å². The van der Waals surface area contributed by atoms with Gasteiger partial charge in [-0.15, -0.1) is 0 Å². The molecule has 0 aliphatic heterocycles. The molecule has 3 N–H and O–H groups in total. The lowest BCUT2D eigenvalue weighted by Gasteiger charge is -2.00. The summed E-state index contributed by atoms with van der Waals surface area (Å²) in [5.74, 6) is 1.70. The summed E-state index contributed by atoms with van der Waals surface area (Å²) < 4.78 is 5.57. The van der Waals surface area contributed by atoms with Gasteiger partial charge in [0.15, 0.2) is 5.89 Å². The summed E-state index contributed by atoms with van der Waals surface area (Å²) in [4.78, 5) is 4.19. The van der Waals surface area contributed by atoms with Gasteiger partial charge in [-0.2, -0.15) is 0 Å². The fraction of sp³-hybridized carbons (Fsp3) is 0.308. The molecule has 1 atom stereocenters. The molecule has 2 rings (SSSR count). The number of nitrogens with zero attached hydrogens (tertiary/aromatic N) is 1. The molecule has 0 aliphatic rings. The van der Waals surface area contributed by atoms with Crippen molar-refractivity contribution >= 4 is 0 Å². The minimum atomic E-state index is 0.0663. The fourth-order valence-corrected chi connectivity index (χ4v) is 1.68. The van der Waals surface area contributed by atoms with Crippen molar-refractivity contribution in [2.24, 2.45) is 5.73 Å². The van der Waals surface area contributed by atoms with Crippen LogP contribution in [-0.4, -0.2) is 16.1 Å². The maximum absolute atomic E-state index is 9.35. The van der Waals surface area contributed by atoms with Crippen LogP contribution in [0.3, 0.4) is 0 Å². The lowest BCUT2D eigenvalue weighted by molar-refractivity contribution is 0.451. The van der Waals surface area contributed by atoms with E-state index in [4.69, 9.17) is 10.2 Å². The number of oxazole rings is 1. The van der Waals surface area contributed by atoms with Gasteiger partial charge in [-0.25, -0.2) is 4.98 Å². The van der Waals surface area contributed by atoms with E-state index in [-0.39, 0.29) is 11.8 Å². The Morgan fingerprint density at radius 1 is 1.47 bits per heavy atom. The van der Waals surface area contributed by atoms with Gasteiger partial charge < -0.3 is 15.3 Å². The highest BCUT2D eigenvalue weighted by atomic mass is 16.4. The van der Waals surface area contributed by atoms with Gasteiger partial charge in [0.1, 0.15) is 11.5 Å². The molecule has 90 valence electrons. The number of benzene rings is 1. The van der Waals surface area contributed by atoms with Crippen LogP contribution in [0.2, 0.25) is 0 Å². The second-order valence-electron chi connectivity index (χ2n) is 4.25. The Bertz CT molecular complexity index is 492. The lowest BCUT2D eigenvalue weighted by Crippen LogP contribution is -2.17. The van der Waals surface area contributed by atoms with Gasteiger partial charge in [0.2, 0.25) is 0 Å². The first-order valence-corrected chi connectivity index (χ1v) is 5.60. The van der Waals surface area contributed by atoms with Gasteiger partial charge in [0.05, 0.1) is 6.20 Å². The van der Waals surface area contributed by atoms with E-state index < -0.39 is 0 Å². The smallest absolute Gasteiger partial charge is 0.198 e. The van der Waals surface area contributed by atoms with E-state index in [1.165, 1.54) is 0 Å². The number of hydrogen-bond acceptors (Lipinski definition) is 4. The maximum Gasteiger partial charge on any atom is 0.198 e. The molecule has 0 bridgehead atoms.